The summed E-state index contributed by atoms with van der Waals surface area (Å²) in [5, 5.41) is 33.9. The monoisotopic (exact) mass is 678 g/mol. The van der Waals surface area contributed by atoms with Crippen molar-refractivity contribution in [3.8, 4) is 17.2 Å². The Balaban J connectivity index is 2.35. The molecule has 0 aliphatic carbocycles. The number of carbonyl (C=O) groups excluding carboxylic acids is 2. The lowest BCUT2D eigenvalue weighted by atomic mass is 10.0. The van der Waals surface area contributed by atoms with Gasteiger partial charge in [0.15, 0.2) is 17.2 Å². The molecule has 10 nitrogen and oxygen atoms in total. The Hall–Kier alpha value is -2.64. The first-order valence-electron chi connectivity index (χ1n) is 9.95. The number of carboxylic acids is 2. The van der Waals surface area contributed by atoms with Gasteiger partial charge in [-0.25, -0.2) is 9.59 Å². The molecule has 0 unspecified atom stereocenters. The molecule has 2 amide bonds. The minimum atomic E-state index is -1.22. The summed E-state index contributed by atoms with van der Waals surface area (Å²) >= 11 is 9.96. The van der Waals surface area contributed by atoms with E-state index < -0.39 is 35.8 Å². The van der Waals surface area contributed by atoms with Gasteiger partial charge in [0.05, 0.1) is 13.4 Å². The summed E-state index contributed by atoms with van der Waals surface area (Å²) in [7, 11) is 0. The van der Waals surface area contributed by atoms with Gasteiger partial charge < -0.3 is 30.7 Å². The van der Waals surface area contributed by atoms with Gasteiger partial charge in [-0.05, 0) is 83.2 Å². The van der Waals surface area contributed by atoms with Crippen molar-refractivity contribution in [2.24, 2.45) is 0 Å². The smallest absolute Gasteiger partial charge is 0.326 e. The van der Waals surface area contributed by atoms with Gasteiger partial charge in [0, 0.05) is 26.7 Å². The highest BCUT2D eigenvalue weighted by molar-refractivity contribution is 9.11. The number of ether oxygens (including phenoxy) is 1. The van der Waals surface area contributed by atoms with Crippen LogP contribution in [0.5, 0.6) is 17.2 Å². The molecule has 13 heteroatoms. The summed E-state index contributed by atoms with van der Waals surface area (Å²) in [6.07, 6.45) is -0.0520. The Morgan fingerprint density at radius 1 is 0.800 bits per heavy atom. The van der Waals surface area contributed by atoms with E-state index in [1.165, 1.54) is 26.0 Å². The van der Waals surface area contributed by atoms with E-state index in [2.05, 4.69) is 58.4 Å². The zero-order valence-electron chi connectivity index (χ0n) is 18.4. The highest BCUT2D eigenvalue weighted by atomic mass is 79.9. The van der Waals surface area contributed by atoms with Crippen molar-refractivity contribution in [3.05, 3.63) is 48.8 Å². The van der Waals surface area contributed by atoms with Crippen LogP contribution in [0, 0.1) is 0 Å². The van der Waals surface area contributed by atoms with Crippen LogP contribution in [0.1, 0.15) is 25.0 Å². The molecule has 0 fully saturated rings. The number of rotatable bonds is 10. The Morgan fingerprint density at radius 2 is 1.20 bits per heavy atom. The summed E-state index contributed by atoms with van der Waals surface area (Å²) in [6, 6.07) is 3.89. The van der Waals surface area contributed by atoms with Gasteiger partial charge in [-0.15, -0.1) is 0 Å². The van der Waals surface area contributed by atoms with Crippen molar-refractivity contribution in [2.75, 3.05) is 0 Å². The molecule has 0 bridgehead atoms. The number of hydrogen-bond donors (Lipinski definition) is 5. The molecule has 0 heterocycles. The van der Waals surface area contributed by atoms with Crippen molar-refractivity contribution in [2.45, 2.75) is 38.8 Å². The van der Waals surface area contributed by atoms with E-state index >= 15 is 0 Å². The van der Waals surface area contributed by atoms with Crippen LogP contribution in [0.3, 0.4) is 0 Å². The third kappa shape index (κ3) is 8.22. The Kier molecular flexibility index (Phi) is 10.1. The van der Waals surface area contributed by atoms with Gasteiger partial charge in [-0.1, -0.05) is 0 Å². The second kappa shape index (κ2) is 12.4. The predicted octanol–water partition coefficient (Wildman–Crippen LogP) is 3.74. The molecule has 5 N–H and O–H groups in total. The molecule has 2 atom stereocenters. The molecule has 2 aromatic rings. The zero-order valence-corrected chi connectivity index (χ0v) is 23.2. The number of halogens is 3. The van der Waals surface area contributed by atoms with Crippen LogP contribution in [-0.2, 0) is 32.0 Å². The van der Waals surface area contributed by atoms with E-state index in [9.17, 15) is 34.5 Å². The molecule has 188 valence electrons. The Morgan fingerprint density at radius 3 is 1.60 bits per heavy atom. The van der Waals surface area contributed by atoms with Gasteiger partial charge in [0.2, 0.25) is 11.8 Å². The van der Waals surface area contributed by atoms with Gasteiger partial charge in [0.1, 0.15) is 12.1 Å². The molecule has 35 heavy (non-hydrogen) atoms. The fourth-order valence-electron chi connectivity index (χ4n) is 3.12. The number of carboxylic acid groups (broad SMARTS) is 2. The van der Waals surface area contributed by atoms with Gasteiger partial charge in [0.25, 0.3) is 0 Å². The molecule has 0 aliphatic rings. The van der Waals surface area contributed by atoms with Gasteiger partial charge in [-0.2, -0.15) is 0 Å². The molecule has 2 rings (SSSR count). The molecular formula is C22H21Br3N2O8. The summed E-state index contributed by atoms with van der Waals surface area (Å²) in [5.74, 6) is -3.33. The van der Waals surface area contributed by atoms with E-state index in [1.807, 2.05) is 0 Å². The SMILES string of the molecule is CC(=O)N[C@@H](Cc1cc(Br)c(Oc2cc(C[C@H](NC(C)=O)C(=O)O)cc(Br)c2O)c(Br)c1)C(=O)O. The van der Waals surface area contributed by atoms with Crippen molar-refractivity contribution in [1.29, 1.82) is 0 Å². The predicted molar refractivity (Wildman–Crippen MR) is 136 cm³/mol. The molecule has 0 saturated carbocycles. The van der Waals surface area contributed by atoms with E-state index in [-0.39, 0.29) is 34.6 Å². The number of aromatic hydroxyl groups is 1. The van der Waals surface area contributed by atoms with Crippen molar-refractivity contribution in [1.82, 2.24) is 10.6 Å². The van der Waals surface area contributed by atoms with Crippen LogP contribution in [0.4, 0.5) is 0 Å². The number of aliphatic carboxylic acids is 2. The third-order valence-corrected chi connectivity index (χ3v) is 6.37. The Labute approximate surface area is 225 Å². The highest BCUT2D eigenvalue weighted by Gasteiger charge is 2.23. The van der Waals surface area contributed by atoms with Crippen LogP contribution in [0.15, 0.2) is 37.7 Å². The number of phenols is 1. The number of benzene rings is 2. The van der Waals surface area contributed by atoms with E-state index in [4.69, 9.17) is 4.74 Å². The average molecular weight is 681 g/mol. The first-order chi connectivity index (χ1) is 16.3. The molecule has 0 aromatic heterocycles. The largest absolute Gasteiger partial charge is 0.503 e. The molecular weight excluding hydrogens is 660 g/mol. The maximum absolute atomic E-state index is 11.5. The standard InChI is InChI=1S/C22H21Br3N2O8/c1-9(28)26-16(21(31)32)6-11-4-14(24)20(15(25)5-11)35-18-8-12(3-13(23)19(18)30)7-17(22(33)34)27-10(2)29/h3-5,8,16-17,30H,6-7H2,1-2H3,(H,26,28)(H,27,29)(H,31,32)(H,33,34)/t16-,17-/m0/s1. The molecule has 0 aliphatic heterocycles. The topological polar surface area (TPSA) is 162 Å². The van der Waals surface area contributed by atoms with E-state index in [1.54, 1.807) is 12.1 Å². The van der Waals surface area contributed by atoms with Crippen molar-refractivity contribution in [3.63, 3.8) is 0 Å². The van der Waals surface area contributed by atoms with Crippen LogP contribution >= 0.6 is 47.8 Å². The maximum Gasteiger partial charge on any atom is 0.326 e. The van der Waals surface area contributed by atoms with Gasteiger partial charge >= 0.3 is 11.9 Å². The number of carbonyl (C=O) groups is 4. The van der Waals surface area contributed by atoms with Crippen LogP contribution in [0.25, 0.3) is 0 Å². The highest BCUT2D eigenvalue weighted by Crippen LogP contribution is 2.43. The van der Waals surface area contributed by atoms with Crippen molar-refractivity contribution >= 4 is 71.5 Å². The quantitative estimate of drug-likeness (QED) is 0.254. The first-order valence-corrected chi connectivity index (χ1v) is 12.3. The number of nitrogens with one attached hydrogen (secondary N) is 2. The molecule has 0 saturated heterocycles. The number of amides is 2. The summed E-state index contributed by atoms with van der Waals surface area (Å²) in [4.78, 5) is 45.5. The van der Waals surface area contributed by atoms with Gasteiger partial charge in [-0.3, -0.25) is 9.59 Å². The number of phenolic OH excluding ortho intramolecular Hbond substituents is 1. The van der Waals surface area contributed by atoms with Crippen LogP contribution in [-0.4, -0.2) is 51.2 Å². The molecule has 0 spiro atoms. The van der Waals surface area contributed by atoms with Crippen LogP contribution < -0.4 is 15.4 Å². The fraction of sp³-hybridized carbons (Fsp3) is 0.273. The zero-order chi connectivity index (χ0) is 26.4. The summed E-state index contributed by atoms with van der Waals surface area (Å²) in [5.41, 5.74) is 1.05. The maximum atomic E-state index is 11.5. The second-order valence-corrected chi connectivity index (χ2v) is 10.1. The lowest BCUT2D eigenvalue weighted by Crippen LogP contribution is -2.41. The lowest BCUT2D eigenvalue weighted by Gasteiger charge is -2.18. The number of hydrogen-bond acceptors (Lipinski definition) is 6. The van der Waals surface area contributed by atoms with E-state index in [0.717, 1.165) is 0 Å². The molecule has 0 radical (unpaired) electrons. The summed E-state index contributed by atoms with van der Waals surface area (Å²) < 4.78 is 7.00. The van der Waals surface area contributed by atoms with Crippen LogP contribution in [0.2, 0.25) is 0 Å². The lowest BCUT2D eigenvalue weighted by molar-refractivity contribution is -0.141. The molecule has 2 aromatic carbocycles. The Bertz CT molecular complexity index is 1150. The second-order valence-electron chi connectivity index (χ2n) is 7.51. The summed E-state index contributed by atoms with van der Waals surface area (Å²) in [6.45, 7) is 2.44. The average Bonchev–Trinajstić information content (AvgIpc) is 2.72. The minimum Gasteiger partial charge on any atom is -0.503 e. The van der Waals surface area contributed by atoms with E-state index in [0.29, 0.717) is 20.1 Å². The minimum absolute atomic E-state index is 0.0112. The first kappa shape index (κ1) is 28.6. The van der Waals surface area contributed by atoms with Crippen molar-refractivity contribution < 1.29 is 39.2 Å². The fourth-order valence-corrected chi connectivity index (χ4v) is 5.06. The normalized spacial score (nSPS) is 12.4. The third-order valence-electron chi connectivity index (χ3n) is 4.59.